The summed E-state index contributed by atoms with van der Waals surface area (Å²) >= 11 is 0. The van der Waals surface area contributed by atoms with Crippen LogP contribution in [0, 0.1) is 11.8 Å². The maximum absolute atomic E-state index is 12.6. The lowest BCUT2D eigenvalue weighted by molar-refractivity contribution is -0.184. The summed E-state index contributed by atoms with van der Waals surface area (Å²) in [5, 5.41) is 3.08. The van der Waals surface area contributed by atoms with Gasteiger partial charge < -0.3 is 5.32 Å². The minimum absolute atomic E-state index is 0.0322. The normalized spacial score (nSPS) is 25.9. The maximum Gasteiger partial charge on any atom is 0.391 e. The summed E-state index contributed by atoms with van der Waals surface area (Å²) in [5.74, 6) is -1.37. The highest BCUT2D eigenvalue weighted by molar-refractivity contribution is 4.84. The predicted molar refractivity (Wildman–Crippen MR) is 68.9 cm³/mol. The van der Waals surface area contributed by atoms with Crippen molar-refractivity contribution in [2.75, 3.05) is 6.54 Å². The Morgan fingerprint density at radius 2 is 1.57 bits per heavy atom. The molecular formula is C14H23F6N. The van der Waals surface area contributed by atoms with Crippen LogP contribution in [-0.2, 0) is 0 Å². The first kappa shape index (κ1) is 18.6. The Balaban J connectivity index is 2.52. The summed E-state index contributed by atoms with van der Waals surface area (Å²) in [4.78, 5) is 0. The van der Waals surface area contributed by atoms with Crippen LogP contribution in [0.5, 0.6) is 0 Å². The highest BCUT2D eigenvalue weighted by Crippen LogP contribution is 2.41. The molecule has 0 aromatic rings. The second-order valence-corrected chi connectivity index (χ2v) is 5.87. The van der Waals surface area contributed by atoms with Crippen LogP contribution in [0.4, 0.5) is 26.3 Å². The minimum Gasteiger partial charge on any atom is -0.314 e. The van der Waals surface area contributed by atoms with Gasteiger partial charge in [-0.2, -0.15) is 26.3 Å². The first-order valence-corrected chi connectivity index (χ1v) is 7.50. The largest absolute Gasteiger partial charge is 0.391 e. The van der Waals surface area contributed by atoms with Crippen LogP contribution in [0.15, 0.2) is 0 Å². The van der Waals surface area contributed by atoms with Crippen molar-refractivity contribution in [3.8, 4) is 0 Å². The van der Waals surface area contributed by atoms with Gasteiger partial charge in [0.05, 0.1) is 5.92 Å². The van der Waals surface area contributed by atoms with Gasteiger partial charge in [-0.1, -0.05) is 6.92 Å². The third-order valence-corrected chi connectivity index (χ3v) is 4.20. The van der Waals surface area contributed by atoms with Gasteiger partial charge in [-0.25, -0.2) is 0 Å². The third kappa shape index (κ3) is 6.89. The molecule has 1 aliphatic carbocycles. The first-order valence-electron chi connectivity index (χ1n) is 7.50. The molecule has 1 atom stereocenters. The van der Waals surface area contributed by atoms with E-state index < -0.39 is 24.7 Å². The molecule has 21 heavy (non-hydrogen) atoms. The van der Waals surface area contributed by atoms with E-state index in [9.17, 15) is 26.3 Å². The number of hydrogen-bond acceptors (Lipinski definition) is 1. The van der Waals surface area contributed by atoms with Crippen molar-refractivity contribution in [3.63, 3.8) is 0 Å². The highest BCUT2D eigenvalue weighted by Gasteiger charge is 2.42. The van der Waals surface area contributed by atoms with Gasteiger partial charge in [0.15, 0.2) is 0 Å². The Hall–Kier alpha value is -0.460. The van der Waals surface area contributed by atoms with E-state index in [1.54, 1.807) is 0 Å². The lowest BCUT2D eigenvalue weighted by Gasteiger charge is -2.35. The van der Waals surface area contributed by atoms with E-state index in [4.69, 9.17) is 0 Å². The predicted octanol–water partition coefficient (Wildman–Crippen LogP) is 5.07. The lowest BCUT2D eigenvalue weighted by Crippen LogP contribution is -2.40. The van der Waals surface area contributed by atoms with Gasteiger partial charge in [0.1, 0.15) is 0 Å². The zero-order valence-corrected chi connectivity index (χ0v) is 12.2. The van der Waals surface area contributed by atoms with Gasteiger partial charge in [-0.3, -0.25) is 0 Å². The van der Waals surface area contributed by atoms with Crippen molar-refractivity contribution in [1.29, 1.82) is 0 Å². The monoisotopic (exact) mass is 319 g/mol. The van der Waals surface area contributed by atoms with E-state index in [0.717, 1.165) is 6.42 Å². The van der Waals surface area contributed by atoms with Gasteiger partial charge in [-0.15, -0.1) is 0 Å². The molecule has 1 unspecified atom stereocenters. The topological polar surface area (TPSA) is 12.0 Å². The van der Waals surface area contributed by atoms with Crippen LogP contribution in [0.1, 0.15) is 51.9 Å². The number of rotatable bonds is 6. The highest BCUT2D eigenvalue weighted by atomic mass is 19.4. The molecule has 0 saturated heterocycles. The number of hydrogen-bond donors (Lipinski definition) is 1. The van der Waals surface area contributed by atoms with Gasteiger partial charge in [-0.05, 0) is 51.0 Å². The quantitative estimate of drug-likeness (QED) is 0.674. The molecule has 0 bridgehead atoms. The molecule has 1 N–H and O–H groups in total. The molecule has 0 amide bonds. The number of alkyl halides is 6. The molecular weight excluding hydrogens is 296 g/mol. The zero-order chi connectivity index (χ0) is 16.1. The molecule has 0 heterocycles. The minimum atomic E-state index is -4.21. The Morgan fingerprint density at radius 1 is 1.00 bits per heavy atom. The van der Waals surface area contributed by atoms with Gasteiger partial charge >= 0.3 is 12.4 Å². The van der Waals surface area contributed by atoms with Gasteiger partial charge in [0, 0.05) is 12.5 Å². The molecule has 1 fully saturated rings. The maximum atomic E-state index is 12.6. The van der Waals surface area contributed by atoms with E-state index in [1.165, 1.54) is 0 Å². The first-order chi connectivity index (χ1) is 9.63. The summed E-state index contributed by atoms with van der Waals surface area (Å²) in [6.07, 6.45) is -7.76. The SMILES string of the molecule is CCCNC(CCC(F)(F)F)C1CCC(C(F)(F)F)CC1. The third-order valence-electron chi connectivity index (χ3n) is 4.20. The Kier molecular flexibility index (Phi) is 6.81. The van der Waals surface area contributed by atoms with E-state index >= 15 is 0 Å². The van der Waals surface area contributed by atoms with E-state index in [-0.39, 0.29) is 31.2 Å². The van der Waals surface area contributed by atoms with Crippen LogP contribution in [0.3, 0.4) is 0 Å². The Morgan fingerprint density at radius 3 is 2.00 bits per heavy atom. The van der Waals surface area contributed by atoms with Crippen LogP contribution in [0.2, 0.25) is 0 Å². The lowest BCUT2D eigenvalue weighted by atomic mass is 9.77. The summed E-state index contributed by atoms with van der Waals surface area (Å²) < 4.78 is 74.9. The molecule has 1 saturated carbocycles. The fraction of sp³-hybridized carbons (Fsp3) is 1.00. The molecule has 0 aliphatic heterocycles. The molecule has 7 heteroatoms. The van der Waals surface area contributed by atoms with Crippen LogP contribution in [-0.4, -0.2) is 24.9 Å². The average molecular weight is 319 g/mol. The van der Waals surface area contributed by atoms with E-state index in [0.29, 0.717) is 19.4 Å². The Bertz CT molecular complexity index is 291. The fourth-order valence-corrected chi connectivity index (χ4v) is 3.00. The van der Waals surface area contributed by atoms with Crippen LogP contribution >= 0.6 is 0 Å². The van der Waals surface area contributed by atoms with Gasteiger partial charge in [0.25, 0.3) is 0 Å². The van der Waals surface area contributed by atoms with Gasteiger partial charge in [0.2, 0.25) is 0 Å². The van der Waals surface area contributed by atoms with Crippen LogP contribution < -0.4 is 5.32 Å². The van der Waals surface area contributed by atoms with E-state index in [1.807, 2.05) is 6.92 Å². The standard InChI is InChI=1S/C14H23F6N/c1-2-9-21-12(7-8-13(15,16)17)10-3-5-11(6-4-10)14(18,19)20/h10-12,21H,2-9H2,1H3. The average Bonchev–Trinajstić information content (AvgIpc) is 2.37. The van der Waals surface area contributed by atoms with Crippen LogP contribution in [0.25, 0.3) is 0 Å². The molecule has 0 aromatic carbocycles. The van der Waals surface area contributed by atoms with Crippen molar-refractivity contribution < 1.29 is 26.3 Å². The zero-order valence-electron chi connectivity index (χ0n) is 12.2. The Labute approximate surface area is 121 Å². The summed E-state index contributed by atoms with van der Waals surface area (Å²) in [6, 6.07) is -0.333. The summed E-state index contributed by atoms with van der Waals surface area (Å²) in [5.41, 5.74) is 0. The number of halogens is 6. The van der Waals surface area contributed by atoms with Crippen molar-refractivity contribution >= 4 is 0 Å². The second-order valence-electron chi connectivity index (χ2n) is 5.87. The molecule has 0 spiro atoms. The summed E-state index contributed by atoms with van der Waals surface area (Å²) in [7, 11) is 0. The van der Waals surface area contributed by atoms with Crippen molar-refractivity contribution in [1.82, 2.24) is 5.32 Å². The molecule has 126 valence electrons. The molecule has 0 radical (unpaired) electrons. The fourth-order valence-electron chi connectivity index (χ4n) is 3.00. The summed E-state index contributed by atoms with van der Waals surface area (Å²) in [6.45, 7) is 2.51. The van der Waals surface area contributed by atoms with Crippen molar-refractivity contribution in [3.05, 3.63) is 0 Å². The molecule has 0 aromatic heterocycles. The smallest absolute Gasteiger partial charge is 0.314 e. The second kappa shape index (κ2) is 7.70. The van der Waals surface area contributed by atoms with E-state index in [2.05, 4.69) is 5.32 Å². The van der Waals surface area contributed by atoms with Crippen molar-refractivity contribution in [2.24, 2.45) is 11.8 Å². The van der Waals surface area contributed by atoms with Crippen molar-refractivity contribution in [2.45, 2.75) is 70.3 Å². The molecule has 1 rings (SSSR count). The molecule has 1 nitrogen and oxygen atoms in total. The molecule has 1 aliphatic rings. The number of nitrogens with one attached hydrogen (secondary N) is 1.